The van der Waals surface area contributed by atoms with E-state index in [1.807, 2.05) is 6.92 Å². The van der Waals surface area contributed by atoms with Gasteiger partial charge in [0.05, 0.1) is 0 Å². The molecule has 0 radical (unpaired) electrons. The molecule has 0 heterocycles. The second-order valence-corrected chi connectivity index (χ2v) is 4.16. The molecular weight excluding hydrogens is 190 g/mol. The number of benzene rings is 1. The minimum Gasteiger partial charge on any atom is -0.508 e. The van der Waals surface area contributed by atoms with E-state index in [9.17, 15) is 4.79 Å². The molecule has 0 aromatic heterocycles. The summed E-state index contributed by atoms with van der Waals surface area (Å²) in [6.07, 6.45) is 2.34. The Balaban J connectivity index is 1.95. The predicted molar refractivity (Wildman–Crippen MR) is 58.6 cm³/mol. The van der Waals surface area contributed by atoms with Crippen molar-refractivity contribution in [2.45, 2.75) is 19.8 Å². The van der Waals surface area contributed by atoms with Crippen LogP contribution in [0.1, 0.15) is 19.8 Å². The summed E-state index contributed by atoms with van der Waals surface area (Å²) >= 11 is 0. The first-order valence-electron chi connectivity index (χ1n) is 5.26. The van der Waals surface area contributed by atoms with Gasteiger partial charge in [-0.15, -0.1) is 0 Å². The summed E-state index contributed by atoms with van der Waals surface area (Å²) in [5, 5.41) is 11.9. The van der Waals surface area contributed by atoms with E-state index in [1.165, 1.54) is 12.8 Å². The van der Waals surface area contributed by atoms with Crippen molar-refractivity contribution in [3.63, 3.8) is 0 Å². The molecule has 1 aliphatic rings. The van der Waals surface area contributed by atoms with E-state index in [4.69, 9.17) is 5.11 Å². The maximum Gasteiger partial charge on any atom is 0.227 e. The van der Waals surface area contributed by atoms with Crippen LogP contribution in [0, 0.1) is 11.8 Å². The van der Waals surface area contributed by atoms with Gasteiger partial charge in [-0.05, 0) is 43.0 Å². The van der Waals surface area contributed by atoms with Gasteiger partial charge in [-0.1, -0.05) is 6.92 Å². The summed E-state index contributed by atoms with van der Waals surface area (Å²) in [6, 6.07) is 6.54. The van der Waals surface area contributed by atoms with Crippen molar-refractivity contribution < 1.29 is 9.90 Å². The van der Waals surface area contributed by atoms with Crippen LogP contribution in [0.4, 0.5) is 5.69 Å². The maximum absolute atomic E-state index is 11.7. The third-order valence-electron chi connectivity index (χ3n) is 2.88. The molecule has 0 aliphatic heterocycles. The number of carbonyl (C=O) groups excluding carboxylic acids is 1. The van der Waals surface area contributed by atoms with Gasteiger partial charge in [-0.2, -0.15) is 0 Å². The van der Waals surface area contributed by atoms with Crippen molar-refractivity contribution in [2.75, 3.05) is 5.32 Å². The molecule has 0 bridgehead atoms. The zero-order chi connectivity index (χ0) is 10.8. The molecule has 3 nitrogen and oxygen atoms in total. The third kappa shape index (κ3) is 2.49. The van der Waals surface area contributed by atoms with Crippen LogP contribution < -0.4 is 5.32 Å². The average Bonchev–Trinajstić information content (AvgIpc) is 3.04. The monoisotopic (exact) mass is 205 g/mol. The molecule has 15 heavy (non-hydrogen) atoms. The molecule has 80 valence electrons. The lowest BCUT2D eigenvalue weighted by Crippen LogP contribution is -2.21. The van der Waals surface area contributed by atoms with Crippen LogP contribution in [0.3, 0.4) is 0 Å². The largest absolute Gasteiger partial charge is 0.508 e. The second-order valence-electron chi connectivity index (χ2n) is 4.16. The third-order valence-corrected chi connectivity index (χ3v) is 2.88. The van der Waals surface area contributed by atoms with Crippen molar-refractivity contribution in [1.29, 1.82) is 0 Å². The van der Waals surface area contributed by atoms with Crippen molar-refractivity contribution in [2.24, 2.45) is 11.8 Å². The first kappa shape index (κ1) is 10.0. The van der Waals surface area contributed by atoms with Crippen LogP contribution in [0.5, 0.6) is 5.75 Å². The first-order chi connectivity index (χ1) is 7.16. The van der Waals surface area contributed by atoms with Crippen molar-refractivity contribution >= 4 is 11.6 Å². The minimum atomic E-state index is 0.0724. The number of anilines is 1. The highest BCUT2D eigenvalue weighted by molar-refractivity contribution is 5.92. The van der Waals surface area contributed by atoms with Gasteiger partial charge in [0.15, 0.2) is 0 Å². The highest BCUT2D eigenvalue weighted by Gasteiger charge is 2.32. The molecule has 1 aromatic rings. The molecule has 3 heteroatoms. The Kier molecular flexibility index (Phi) is 2.62. The molecule has 1 amide bonds. The smallest absolute Gasteiger partial charge is 0.227 e. The van der Waals surface area contributed by atoms with E-state index >= 15 is 0 Å². The van der Waals surface area contributed by atoms with Crippen LogP contribution in [0.2, 0.25) is 0 Å². The number of phenols is 1. The molecule has 2 rings (SSSR count). The van der Waals surface area contributed by atoms with Gasteiger partial charge < -0.3 is 10.4 Å². The molecule has 0 spiro atoms. The zero-order valence-electron chi connectivity index (χ0n) is 8.73. The van der Waals surface area contributed by atoms with Gasteiger partial charge in [0.25, 0.3) is 0 Å². The van der Waals surface area contributed by atoms with Crippen LogP contribution in [-0.4, -0.2) is 11.0 Å². The van der Waals surface area contributed by atoms with E-state index in [0.29, 0.717) is 5.92 Å². The number of hydrogen-bond acceptors (Lipinski definition) is 2. The topological polar surface area (TPSA) is 49.3 Å². The number of rotatable bonds is 3. The van der Waals surface area contributed by atoms with Crippen LogP contribution in [0.15, 0.2) is 24.3 Å². The van der Waals surface area contributed by atoms with E-state index in [1.54, 1.807) is 24.3 Å². The van der Waals surface area contributed by atoms with Crippen LogP contribution in [0.25, 0.3) is 0 Å². The molecule has 1 fully saturated rings. The van der Waals surface area contributed by atoms with E-state index < -0.39 is 0 Å². The van der Waals surface area contributed by atoms with Gasteiger partial charge in [0, 0.05) is 11.6 Å². The predicted octanol–water partition coefficient (Wildman–Crippen LogP) is 2.38. The molecule has 1 saturated carbocycles. The summed E-state index contributed by atoms with van der Waals surface area (Å²) in [5.41, 5.74) is 0.741. The Morgan fingerprint density at radius 3 is 2.53 bits per heavy atom. The number of carbonyl (C=O) groups is 1. The number of phenolic OH excluding ortho intramolecular Hbond substituents is 1. The Bertz CT molecular complexity index is 354. The first-order valence-corrected chi connectivity index (χ1v) is 5.26. The maximum atomic E-state index is 11.7. The van der Waals surface area contributed by atoms with Gasteiger partial charge >= 0.3 is 0 Å². The highest BCUT2D eigenvalue weighted by Crippen LogP contribution is 2.37. The molecule has 1 unspecified atom stereocenters. The molecular formula is C12H15NO2. The summed E-state index contributed by atoms with van der Waals surface area (Å²) in [4.78, 5) is 11.7. The van der Waals surface area contributed by atoms with E-state index in [2.05, 4.69) is 5.32 Å². The van der Waals surface area contributed by atoms with Crippen molar-refractivity contribution in [3.05, 3.63) is 24.3 Å². The average molecular weight is 205 g/mol. The van der Waals surface area contributed by atoms with Crippen LogP contribution in [-0.2, 0) is 4.79 Å². The lowest BCUT2D eigenvalue weighted by Gasteiger charge is -2.10. The summed E-state index contributed by atoms with van der Waals surface area (Å²) in [6.45, 7) is 1.97. The molecule has 2 N–H and O–H groups in total. The van der Waals surface area contributed by atoms with Gasteiger partial charge in [0.1, 0.15) is 5.75 Å². The molecule has 1 aliphatic carbocycles. The van der Waals surface area contributed by atoms with Gasteiger partial charge in [0.2, 0.25) is 5.91 Å². The fraction of sp³-hybridized carbons (Fsp3) is 0.417. The number of aromatic hydroxyl groups is 1. The second kappa shape index (κ2) is 3.93. The fourth-order valence-electron chi connectivity index (χ4n) is 1.61. The Morgan fingerprint density at radius 2 is 2.00 bits per heavy atom. The molecule has 1 aromatic carbocycles. The lowest BCUT2D eigenvalue weighted by molar-refractivity contribution is -0.119. The zero-order valence-corrected chi connectivity index (χ0v) is 8.73. The number of amides is 1. The lowest BCUT2D eigenvalue weighted by atomic mass is 10.1. The molecule has 1 atom stereocenters. The Hall–Kier alpha value is -1.51. The van der Waals surface area contributed by atoms with Crippen molar-refractivity contribution in [1.82, 2.24) is 0 Å². The van der Waals surface area contributed by atoms with E-state index in [0.717, 1.165) is 5.69 Å². The van der Waals surface area contributed by atoms with E-state index in [-0.39, 0.29) is 17.6 Å². The van der Waals surface area contributed by atoms with Gasteiger partial charge in [-0.25, -0.2) is 0 Å². The quantitative estimate of drug-likeness (QED) is 0.744. The van der Waals surface area contributed by atoms with Gasteiger partial charge in [-0.3, -0.25) is 4.79 Å². The standard InChI is InChI=1S/C12H15NO2/c1-8(9-2-3-9)12(15)13-10-4-6-11(14)7-5-10/h4-9,14H,2-3H2,1H3,(H,13,15). The highest BCUT2D eigenvalue weighted by atomic mass is 16.3. The normalized spacial score (nSPS) is 17.1. The summed E-state index contributed by atoms with van der Waals surface area (Å²) in [7, 11) is 0. The number of hydrogen-bond donors (Lipinski definition) is 2. The fourth-order valence-corrected chi connectivity index (χ4v) is 1.61. The SMILES string of the molecule is CC(C(=O)Nc1ccc(O)cc1)C1CC1. The Labute approximate surface area is 89.1 Å². The Morgan fingerprint density at radius 1 is 1.40 bits per heavy atom. The number of nitrogens with one attached hydrogen (secondary N) is 1. The summed E-state index contributed by atoms with van der Waals surface area (Å²) in [5.74, 6) is 0.951. The summed E-state index contributed by atoms with van der Waals surface area (Å²) < 4.78 is 0. The minimum absolute atomic E-state index is 0.0724. The van der Waals surface area contributed by atoms with Crippen molar-refractivity contribution in [3.8, 4) is 5.75 Å². The molecule has 0 saturated heterocycles. The van der Waals surface area contributed by atoms with Crippen LogP contribution >= 0.6 is 0 Å².